The lowest BCUT2D eigenvalue weighted by atomic mass is 9.86. The zero-order valence-electron chi connectivity index (χ0n) is 15.9. The first-order valence-corrected chi connectivity index (χ1v) is 10.5. The van der Waals surface area contributed by atoms with Crippen molar-refractivity contribution >= 4 is 24.2 Å². The van der Waals surface area contributed by atoms with Crippen LogP contribution in [0.1, 0.15) is 57.8 Å². The summed E-state index contributed by atoms with van der Waals surface area (Å²) in [5.41, 5.74) is 0.316. The summed E-state index contributed by atoms with van der Waals surface area (Å²) in [6, 6.07) is 0. The fraction of sp³-hybridized carbons (Fsp3) is 0.900. The molecule has 6 heteroatoms. The van der Waals surface area contributed by atoms with E-state index in [1.54, 1.807) is 0 Å². The molecule has 4 rings (SSSR count). The van der Waals surface area contributed by atoms with Crippen LogP contribution in [0.5, 0.6) is 0 Å². The molecule has 1 N–H and O–H groups in total. The maximum absolute atomic E-state index is 12.8. The Kier molecular flexibility index (Phi) is 6.50. The molecule has 0 aromatic heterocycles. The highest BCUT2D eigenvalue weighted by Gasteiger charge is 2.58. The Morgan fingerprint density at radius 3 is 2.19 bits per heavy atom. The highest BCUT2D eigenvalue weighted by molar-refractivity contribution is 5.85. The lowest BCUT2D eigenvalue weighted by Gasteiger charge is -2.36. The molecule has 2 saturated carbocycles. The van der Waals surface area contributed by atoms with Gasteiger partial charge in [-0.15, -0.1) is 12.4 Å². The monoisotopic (exact) mass is 383 g/mol. The Morgan fingerprint density at radius 1 is 0.923 bits per heavy atom. The largest absolute Gasteiger partial charge is 0.339 e. The molecule has 0 bridgehead atoms. The SMILES string of the molecule is Cl.O=C(CC1CCCCC1)N1CCN(C(=O)C2CC23CCNCC3)CC1. The van der Waals surface area contributed by atoms with Crippen molar-refractivity contribution in [2.75, 3.05) is 39.3 Å². The fourth-order valence-corrected chi connectivity index (χ4v) is 5.34. The highest BCUT2D eigenvalue weighted by Crippen LogP contribution is 2.59. The van der Waals surface area contributed by atoms with E-state index in [2.05, 4.69) is 5.32 Å². The molecule has 4 aliphatic rings. The first-order chi connectivity index (χ1) is 12.2. The molecule has 148 valence electrons. The first kappa shape index (κ1) is 19.9. The van der Waals surface area contributed by atoms with Crippen molar-refractivity contribution in [2.24, 2.45) is 17.3 Å². The zero-order chi connectivity index (χ0) is 17.3. The summed E-state index contributed by atoms with van der Waals surface area (Å²) in [5, 5.41) is 3.40. The van der Waals surface area contributed by atoms with Gasteiger partial charge >= 0.3 is 0 Å². The maximum atomic E-state index is 12.8. The van der Waals surface area contributed by atoms with Crippen LogP contribution in [-0.4, -0.2) is 60.9 Å². The molecule has 0 aromatic carbocycles. The Hall–Kier alpha value is -0.810. The van der Waals surface area contributed by atoms with Gasteiger partial charge in [0.25, 0.3) is 0 Å². The second-order valence-corrected chi connectivity index (χ2v) is 8.78. The van der Waals surface area contributed by atoms with Crippen molar-refractivity contribution in [1.29, 1.82) is 0 Å². The van der Waals surface area contributed by atoms with Crippen molar-refractivity contribution < 1.29 is 9.59 Å². The Morgan fingerprint density at radius 2 is 1.54 bits per heavy atom. The number of hydrogen-bond acceptors (Lipinski definition) is 3. The molecule has 2 aliphatic heterocycles. The van der Waals surface area contributed by atoms with Gasteiger partial charge in [0, 0.05) is 38.5 Å². The van der Waals surface area contributed by atoms with Gasteiger partial charge in [-0.1, -0.05) is 19.3 Å². The lowest BCUT2D eigenvalue weighted by Crippen LogP contribution is -2.51. The number of hydrogen-bond donors (Lipinski definition) is 1. The Balaban J connectivity index is 0.00000196. The Labute approximate surface area is 163 Å². The minimum absolute atomic E-state index is 0. The molecule has 5 nitrogen and oxygen atoms in total. The number of nitrogens with one attached hydrogen (secondary N) is 1. The number of amides is 2. The summed E-state index contributed by atoms with van der Waals surface area (Å²) in [5.74, 6) is 1.55. The molecule has 0 aromatic rings. The summed E-state index contributed by atoms with van der Waals surface area (Å²) in [6.45, 7) is 5.07. The second kappa shape index (κ2) is 8.47. The minimum atomic E-state index is 0. The van der Waals surface area contributed by atoms with E-state index in [0.717, 1.165) is 65.0 Å². The number of piperazine rings is 1. The lowest BCUT2D eigenvalue weighted by molar-refractivity contribution is -0.141. The van der Waals surface area contributed by atoms with E-state index in [0.29, 0.717) is 23.1 Å². The van der Waals surface area contributed by atoms with Crippen molar-refractivity contribution in [3.63, 3.8) is 0 Å². The molecule has 2 saturated heterocycles. The van der Waals surface area contributed by atoms with Gasteiger partial charge in [-0.25, -0.2) is 0 Å². The van der Waals surface area contributed by atoms with E-state index >= 15 is 0 Å². The number of rotatable bonds is 3. The van der Waals surface area contributed by atoms with Crippen molar-refractivity contribution in [1.82, 2.24) is 15.1 Å². The zero-order valence-corrected chi connectivity index (χ0v) is 16.7. The minimum Gasteiger partial charge on any atom is -0.339 e. The standard InChI is InChI=1S/C20H33N3O2.ClH/c24-18(14-16-4-2-1-3-5-16)22-10-12-23(13-11-22)19(25)17-15-20(17)6-8-21-9-7-20;/h16-17,21H,1-15H2;1H. The predicted octanol–water partition coefficient (Wildman–Crippen LogP) is 2.44. The second-order valence-electron chi connectivity index (χ2n) is 8.78. The van der Waals surface area contributed by atoms with Crippen LogP contribution in [0.4, 0.5) is 0 Å². The maximum Gasteiger partial charge on any atom is 0.226 e. The third kappa shape index (κ3) is 4.19. The molecule has 2 heterocycles. The van der Waals surface area contributed by atoms with Crippen LogP contribution in [0, 0.1) is 17.3 Å². The summed E-state index contributed by atoms with van der Waals surface area (Å²) in [6.07, 6.45) is 10.5. The van der Waals surface area contributed by atoms with Crippen LogP contribution >= 0.6 is 12.4 Å². The molecule has 4 fully saturated rings. The summed E-state index contributed by atoms with van der Waals surface area (Å²) >= 11 is 0. The third-order valence-electron chi connectivity index (χ3n) is 7.22. The summed E-state index contributed by atoms with van der Waals surface area (Å²) in [7, 11) is 0. The van der Waals surface area contributed by atoms with Gasteiger partial charge in [-0.3, -0.25) is 9.59 Å². The molecule has 1 atom stereocenters. The smallest absolute Gasteiger partial charge is 0.226 e. The fourth-order valence-electron chi connectivity index (χ4n) is 5.34. The predicted molar refractivity (Wildman–Crippen MR) is 104 cm³/mol. The van der Waals surface area contributed by atoms with E-state index in [4.69, 9.17) is 0 Å². The van der Waals surface area contributed by atoms with E-state index in [1.165, 1.54) is 32.1 Å². The van der Waals surface area contributed by atoms with Gasteiger partial charge < -0.3 is 15.1 Å². The Bertz CT molecular complexity index is 507. The number of nitrogens with zero attached hydrogens (tertiary/aromatic N) is 2. The van der Waals surface area contributed by atoms with E-state index in [1.807, 2.05) is 9.80 Å². The number of carbonyl (C=O) groups excluding carboxylic acids is 2. The van der Waals surface area contributed by atoms with Crippen LogP contribution in [0.15, 0.2) is 0 Å². The third-order valence-corrected chi connectivity index (χ3v) is 7.22. The van der Waals surface area contributed by atoms with Crippen molar-refractivity contribution in [3.05, 3.63) is 0 Å². The first-order valence-electron chi connectivity index (χ1n) is 10.5. The van der Waals surface area contributed by atoms with Gasteiger partial charge in [-0.05, 0) is 56.5 Å². The van der Waals surface area contributed by atoms with Gasteiger partial charge in [0.1, 0.15) is 0 Å². The van der Waals surface area contributed by atoms with Crippen molar-refractivity contribution in [3.8, 4) is 0 Å². The topological polar surface area (TPSA) is 52.7 Å². The van der Waals surface area contributed by atoms with Crippen LogP contribution in [-0.2, 0) is 9.59 Å². The van der Waals surface area contributed by atoms with Crippen LogP contribution in [0.2, 0.25) is 0 Å². The highest BCUT2D eigenvalue weighted by atomic mass is 35.5. The van der Waals surface area contributed by atoms with E-state index in [9.17, 15) is 9.59 Å². The molecule has 2 amide bonds. The van der Waals surface area contributed by atoms with Crippen LogP contribution in [0.3, 0.4) is 0 Å². The van der Waals surface area contributed by atoms with Crippen LogP contribution < -0.4 is 5.32 Å². The van der Waals surface area contributed by atoms with Crippen LogP contribution in [0.25, 0.3) is 0 Å². The summed E-state index contributed by atoms with van der Waals surface area (Å²) in [4.78, 5) is 29.4. The van der Waals surface area contributed by atoms with Gasteiger partial charge in [0.2, 0.25) is 11.8 Å². The summed E-state index contributed by atoms with van der Waals surface area (Å²) < 4.78 is 0. The molecular weight excluding hydrogens is 350 g/mol. The van der Waals surface area contributed by atoms with E-state index in [-0.39, 0.29) is 18.3 Å². The average molecular weight is 384 g/mol. The number of piperidine rings is 1. The number of halogens is 1. The van der Waals surface area contributed by atoms with Gasteiger partial charge in [0.05, 0.1) is 0 Å². The molecule has 2 aliphatic carbocycles. The van der Waals surface area contributed by atoms with Crippen molar-refractivity contribution in [2.45, 2.75) is 57.8 Å². The molecule has 1 spiro atoms. The molecule has 0 radical (unpaired) electrons. The molecular formula is C20H34ClN3O2. The number of carbonyl (C=O) groups is 2. The average Bonchev–Trinajstić information content (AvgIpc) is 3.35. The normalized spacial score (nSPS) is 28.5. The van der Waals surface area contributed by atoms with E-state index < -0.39 is 0 Å². The molecule has 26 heavy (non-hydrogen) atoms. The molecule has 1 unspecified atom stereocenters. The van der Waals surface area contributed by atoms with Gasteiger partial charge in [0.15, 0.2) is 0 Å². The quantitative estimate of drug-likeness (QED) is 0.814. The van der Waals surface area contributed by atoms with Gasteiger partial charge in [-0.2, -0.15) is 0 Å².